The number of rotatable bonds is 7. The first-order valence-electron chi connectivity index (χ1n) is 9.51. The molecule has 0 aliphatic carbocycles. The zero-order valence-electron chi connectivity index (χ0n) is 16.0. The van der Waals surface area contributed by atoms with E-state index >= 15 is 0 Å². The molecule has 2 aromatic rings. The molecule has 2 aromatic carbocycles. The van der Waals surface area contributed by atoms with Gasteiger partial charge in [-0.1, -0.05) is 23.7 Å². The van der Waals surface area contributed by atoms with Gasteiger partial charge in [-0.15, -0.1) is 0 Å². The van der Waals surface area contributed by atoms with Crippen molar-refractivity contribution >= 4 is 28.9 Å². The van der Waals surface area contributed by atoms with Crippen LogP contribution in [0.15, 0.2) is 42.5 Å². The molecule has 5 nitrogen and oxygen atoms in total. The highest BCUT2D eigenvalue weighted by molar-refractivity contribution is 6.30. The predicted octanol–water partition coefficient (Wildman–Crippen LogP) is 4.03. The fourth-order valence-electron chi connectivity index (χ4n) is 3.27. The number of nitrogens with one attached hydrogen (secondary N) is 1. The van der Waals surface area contributed by atoms with Gasteiger partial charge in [-0.3, -0.25) is 9.69 Å². The van der Waals surface area contributed by atoms with Crippen LogP contribution in [-0.2, 0) is 4.79 Å². The highest BCUT2D eigenvalue weighted by atomic mass is 35.5. The molecule has 1 aliphatic heterocycles. The molecule has 1 saturated heterocycles. The molecule has 0 aromatic heterocycles. The van der Waals surface area contributed by atoms with Crippen LogP contribution in [0.4, 0.5) is 15.8 Å². The highest BCUT2D eigenvalue weighted by Crippen LogP contribution is 2.28. The third-order valence-electron chi connectivity index (χ3n) is 4.74. The second-order valence-electron chi connectivity index (χ2n) is 6.65. The van der Waals surface area contributed by atoms with E-state index in [1.165, 1.54) is 12.1 Å². The largest absolute Gasteiger partial charge is 0.492 e. The number of benzene rings is 2. The van der Waals surface area contributed by atoms with Crippen LogP contribution in [0.1, 0.15) is 13.3 Å². The van der Waals surface area contributed by atoms with Crippen molar-refractivity contribution in [1.82, 2.24) is 4.90 Å². The summed E-state index contributed by atoms with van der Waals surface area (Å²) in [4.78, 5) is 16.7. The molecule has 0 unspecified atom stereocenters. The average Bonchev–Trinajstić information content (AvgIpc) is 2.70. The highest BCUT2D eigenvalue weighted by Gasteiger charge is 2.20. The standard InChI is InChI=1S/C21H25ClFN3O2/c1-2-28-20-6-4-3-5-19(20)26-13-11-25(12-14-26)10-9-21(27)24-18-8-7-16(22)15-17(18)23/h3-8,15H,2,9-14H2,1H3,(H,24,27). The van der Waals surface area contributed by atoms with Gasteiger partial charge in [-0.2, -0.15) is 0 Å². The van der Waals surface area contributed by atoms with E-state index in [4.69, 9.17) is 16.3 Å². The van der Waals surface area contributed by atoms with Crippen LogP contribution in [0.5, 0.6) is 5.75 Å². The molecular formula is C21H25ClFN3O2. The van der Waals surface area contributed by atoms with E-state index in [9.17, 15) is 9.18 Å². The number of carbonyl (C=O) groups is 1. The van der Waals surface area contributed by atoms with Gasteiger partial charge in [0.2, 0.25) is 5.91 Å². The maximum absolute atomic E-state index is 13.8. The summed E-state index contributed by atoms with van der Waals surface area (Å²) in [5, 5.41) is 2.91. The van der Waals surface area contributed by atoms with Crippen LogP contribution in [-0.4, -0.2) is 50.1 Å². The number of ether oxygens (including phenoxy) is 1. The molecule has 1 aliphatic rings. The van der Waals surface area contributed by atoms with Gasteiger partial charge >= 0.3 is 0 Å². The molecule has 3 rings (SSSR count). The van der Waals surface area contributed by atoms with Crippen LogP contribution in [0.25, 0.3) is 0 Å². The van der Waals surface area contributed by atoms with Gasteiger partial charge in [-0.25, -0.2) is 4.39 Å². The quantitative estimate of drug-likeness (QED) is 0.755. The number of halogens is 2. The molecule has 1 amide bonds. The molecule has 1 fully saturated rings. The van der Waals surface area contributed by atoms with Gasteiger partial charge in [-0.05, 0) is 37.3 Å². The van der Waals surface area contributed by atoms with Gasteiger partial charge < -0.3 is 15.0 Å². The topological polar surface area (TPSA) is 44.8 Å². The zero-order chi connectivity index (χ0) is 19.9. The van der Waals surface area contributed by atoms with Crippen LogP contribution >= 0.6 is 11.6 Å². The fraction of sp³-hybridized carbons (Fsp3) is 0.381. The molecule has 0 atom stereocenters. The van der Waals surface area contributed by atoms with E-state index in [1.54, 1.807) is 6.07 Å². The maximum atomic E-state index is 13.8. The molecule has 0 radical (unpaired) electrons. The summed E-state index contributed by atoms with van der Waals surface area (Å²) >= 11 is 5.73. The Labute approximate surface area is 170 Å². The van der Waals surface area contributed by atoms with E-state index < -0.39 is 5.82 Å². The summed E-state index contributed by atoms with van der Waals surface area (Å²) in [7, 11) is 0. The Morgan fingerprint density at radius 2 is 1.93 bits per heavy atom. The van der Waals surface area contributed by atoms with E-state index in [-0.39, 0.29) is 11.6 Å². The van der Waals surface area contributed by atoms with Gasteiger partial charge in [0, 0.05) is 44.2 Å². The first kappa shape index (κ1) is 20.4. The Kier molecular flexibility index (Phi) is 7.12. The second-order valence-corrected chi connectivity index (χ2v) is 7.09. The lowest BCUT2D eigenvalue weighted by Crippen LogP contribution is -2.47. The Morgan fingerprint density at radius 3 is 2.64 bits per heavy atom. The van der Waals surface area contributed by atoms with Crippen molar-refractivity contribution in [3.05, 3.63) is 53.3 Å². The zero-order valence-corrected chi connectivity index (χ0v) is 16.7. The van der Waals surface area contributed by atoms with E-state index in [1.807, 2.05) is 25.1 Å². The normalized spacial score (nSPS) is 14.8. The Hall–Kier alpha value is -2.31. The molecular weight excluding hydrogens is 381 g/mol. The van der Waals surface area contributed by atoms with Gasteiger partial charge in [0.05, 0.1) is 18.0 Å². The third kappa shape index (κ3) is 5.36. The summed E-state index contributed by atoms with van der Waals surface area (Å²) in [5.41, 5.74) is 1.27. The smallest absolute Gasteiger partial charge is 0.225 e. The number of hydrogen-bond acceptors (Lipinski definition) is 4. The fourth-order valence-corrected chi connectivity index (χ4v) is 3.43. The van der Waals surface area contributed by atoms with Crippen LogP contribution in [0.2, 0.25) is 5.02 Å². The Morgan fingerprint density at radius 1 is 1.18 bits per heavy atom. The lowest BCUT2D eigenvalue weighted by Gasteiger charge is -2.36. The summed E-state index contributed by atoms with van der Waals surface area (Å²) in [6, 6.07) is 12.3. The molecule has 0 spiro atoms. The van der Waals surface area contributed by atoms with Crippen LogP contribution < -0.4 is 15.0 Å². The molecule has 0 bridgehead atoms. The lowest BCUT2D eigenvalue weighted by molar-refractivity contribution is -0.116. The molecule has 1 N–H and O–H groups in total. The van der Waals surface area contributed by atoms with Crippen molar-refractivity contribution in [2.45, 2.75) is 13.3 Å². The van der Waals surface area contributed by atoms with Crippen molar-refractivity contribution in [3.8, 4) is 5.75 Å². The number of hydrogen-bond donors (Lipinski definition) is 1. The summed E-state index contributed by atoms with van der Waals surface area (Å²) in [6.07, 6.45) is 0.317. The predicted molar refractivity (Wildman–Crippen MR) is 111 cm³/mol. The van der Waals surface area contributed by atoms with E-state index in [2.05, 4.69) is 21.2 Å². The number of anilines is 2. The van der Waals surface area contributed by atoms with Crippen molar-refractivity contribution in [2.24, 2.45) is 0 Å². The third-order valence-corrected chi connectivity index (χ3v) is 4.97. The summed E-state index contributed by atoms with van der Waals surface area (Å²) in [5.74, 6) is 0.176. The van der Waals surface area contributed by atoms with Crippen molar-refractivity contribution < 1.29 is 13.9 Å². The Bertz CT molecular complexity index is 810. The minimum atomic E-state index is -0.526. The second kappa shape index (κ2) is 9.75. The number of amides is 1. The number of carbonyl (C=O) groups excluding carboxylic acids is 1. The van der Waals surface area contributed by atoms with Crippen molar-refractivity contribution in [2.75, 3.05) is 49.5 Å². The SMILES string of the molecule is CCOc1ccccc1N1CCN(CCC(=O)Nc2ccc(Cl)cc2F)CC1. The minimum Gasteiger partial charge on any atom is -0.492 e. The number of nitrogens with zero attached hydrogens (tertiary/aromatic N) is 2. The first-order chi connectivity index (χ1) is 13.6. The molecule has 0 saturated carbocycles. The van der Waals surface area contributed by atoms with Crippen molar-refractivity contribution in [3.63, 3.8) is 0 Å². The van der Waals surface area contributed by atoms with Crippen LogP contribution in [0.3, 0.4) is 0 Å². The first-order valence-corrected chi connectivity index (χ1v) is 9.88. The number of para-hydroxylation sites is 2. The Balaban J connectivity index is 1.46. The van der Waals surface area contributed by atoms with E-state index in [0.29, 0.717) is 24.6 Å². The number of piperazine rings is 1. The maximum Gasteiger partial charge on any atom is 0.225 e. The molecule has 1 heterocycles. The molecule has 150 valence electrons. The average molecular weight is 406 g/mol. The van der Waals surface area contributed by atoms with Crippen LogP contribution in [0, 0.1) is 5.82 Å². The summed E-state index contributed by atoms with van der Waals surface area (Å²) in [6.45, 7) is 6.74. The monoisotopic (exact) mass is 405 g/mol. The van der Waals surface area contributed by atoms with Gasteiger partial charge in [0.1, 0.15) is 11.6 Å². The minimum absolute atomic E-state index is 0.159. The van der Waals surface area contributed by atoms with Crippen molar-refractivity contribution in [1.29, 1.82) is 0 Å². The molecule has 7 heteroatoms. The van der Waals surface area contributed by atoms with Gasteiger partial charge in [0.25, 0.3) is 0 Å². The molecule has 28 heavy (non-hydrogen) atoms. The van der Waals surface area contributed by atoms with E-state index in [0.717, 1.165) is 37.6 Å². The summed E-state index contributed by atoms with van der Waals surface area (Å²) < 4.78 is 19.5. The lowest BCUT2D eigenvalue weighted by atomic mass is 10.2. The van der Waals surface area contributed by atoms with Gasteiger partial charge in [0.15, 0.2) is 0 Å².